The first-order chi connectivity index (χ1) is 7.15. The van der Waals surface area contributed by atoms with Crippen molar-refractivity contribution in [3.8, 4) is 0 Å². The molecule has 1 aromatic heterocycles. The van der Waals surface area contributed by atoms with Gasteiger partial charge in [0, 0.05) is 9.75 Å². The standard InChI is InChI=1S/C13H19BrS/c1-3-10-6-7-11(15-10)12(14)13(2)8-4-5-9-13/h6-7,12H,3-5,8-9H2,1-2H3. The van der Waals surface area contributed by atoms with Crippen LogP contribution in [0.5, 0.6) is 0 Å². The van der Waals surface area contributed by atoms with Gasteiger partial charge < -0.3 is 0 Å². The SMILES string of the molecule is CCc1ccc(C(Br)C2(C)CCCC2)s1. The quantitative estimate of drug-likeness (QED) is 0.659. The molecular weight excluding hydrogens is 268 g/mol. The number of halogens is 1. The van der Waals surface area contributed by atoms with E-state index in [1.54, 1.807) is 0 Å². The van der Waals surface area contributed by atoms with Crippen LogP contribution in [0, 0.1) is 5.41 Å². The van der Waals surface area contributed by atoms with Crippen LogP contribution >= 0.6 is 27.3 Å². The third kappa shape index (κ3) is 2.31. The zero-order chi connectivity index (χ0) is 10.9. The van der Waals surface area contributed by atoms with Crippen LogP contribution in [0.1, 0.15) is 54.1 Å². The van der Waals surface area contributed by atoms with Crippen LogP contribution in [0.25, 0.3) is 0 Å². The highest BCUT2D eigenvalue weighted by Crippen LogP contribution is 2.52. The molecule has 15 heavy (non-hydrogen) atoms. The van der Waals surface area contributed by atoms with Crippen molar-refractivity contribution >= 4 is 27.3 Å². The Morgan fingerprint density at radius 3 is 2.60 bits per heavy atom. The van der Waals surface area contributed by atoms with Crippen LogP contribution in [-0.2, 0) is 6.42 Å². The van der Waals surface area contributed by atoms with Gasteiger partial charge in [0.1, 0.15) is 0 Å². The third-order valence-corrected chi connectivity index (χ3v) is 6.83. The van der Waals surface area contributed by atoms with Crippen molar-refractivity contribution in [3.63, 3.8) is 0 Å². The first-order valence-corrected chi connectivity index (χ1v) is 7.61. The first kappa shape index (κ1) is 11.7. The summed E-state index contributed by atoms with van der Waals surface area (Å²) >= 11 is 5.90. The smallest absolute Gasteiger partial charge is 0.0542 e. The number of alkyl halides is 1. The van der Waals surface area contributed by atoms with Gasteiger partial charge in [0.15, 0.2) is 0 Å². The predicted molar refractivity (Wildman–Crippen MR) is 71.9 cm³/mol. The second-order valence-electron chi connectivity index (χ2n) is 4.88. The minimum Gasteiger partial charge on any atom is -0.144 e. The van der Waals surface area contributed by atoms with E-state index in [0.29, 0.717) is 10.2 Å². The van der Waals surface area contributed by atoms with Gasteiger partial charge in [-0.25, -0.2) is 0 Å². The summed E-state index contributed by atoms with van der Waals surface area (Å²) in [6, 6.07) is 4.60. The third-order valence-electron chi connectivity index (χ3n) is 3.64. The number of aryl methyl sites for hydroxylation is 1. The Hall–Kier alpha value is 0.180. The van der Waals surface area contributed by atoms with Crippen LogP contribution in [0.3, 0.4) is 0 Å². The molecular formula is C13H19BrS. The lowest BCUT2D eigenvalue weighted by molar-refractivity contribution is 0.334. The summed E-state index contributed by atoms with van der Waals surface area (Å²) in [6.07, 6.45) is 6.74. The number of thiophene rings is 1. The summed E-state index contributed by atoms with van der Waals surface area (Å²) in [6.45, 7) is 4.67. The Labute approximate surface area is 105 Å². The maximum Gasteiger partial charge on any atom is 0.0542 e. The Kier molecular flexibility index (Phi) is 3.56. The molecule has 2 rings (SSSR count). The molecule has 0 aliphatic heterocycles. The molecule has 1 aromatic rings. The van der Waals surface area contributed by atoms with Crippen LogP contribution in [0.2, 0.25) is 0 Å². The number of hydrogen-bond acceptors (Lipinski definition) is 1. The maximum absolute atomic E-state index is 3.92. The molecule has 0 saturated heterocycles. The second kappa shape index (κ2) is 4.58. The molecule has 1 unspecified atom stereocenters. The van der Waals surface area contributed by atoms with E-state index < -0.39 is 0 Å². The molecule has 0 radical (unpaired) electrons. The van der Waals surface area contributed by atoms with Crippen molar-refractivity contribution in [1.82, 2.24) is 0 Å². The van der Waals surface area contributed by atoms with Gasteiger partial charge in [0.05, 0.1) is 4.83 Å². The molecule has 0 bridgehead atoms. The molecule has 0 nitrogen and oxygen atoms in total. The lowest BCUT2D eigenvalue weighted by Gasteiger charge is -2.29. The van der Waals surface area contributed by atoms with Crippen molar-refractivity contribution in [2.24, 2.45) is 5.41 Å². The van der Waals surface area contributed by atoms with Crippen LogP contribution in [-0.4, -0.2) is 0 Å². The van der Waals surface area contributed by atoms with E-state index in [1.165, 1.54) is 41.9 Å². The van der Waals surface area contributed by atoms with E-state index in [4.69, 9.17) is 0 Å². The van der Waals surface area contributed by atoms with Gasteiger partial charge in [-0.2, -0.15) is 0 Å². The van der Waals surface area contributed by atoms with Crippen LogP contribution in [0.4, 0.5) is 0 Å². The predicted octanol–water partition coefficient (Wildman–Crippen LogP) is 5.33. The van der Waals surface area contributed by atoms with Gasteiger partial charge in [-0.05, 0) is 36.8 Å². The summed E-state index contributed by atoms with van der Waals surface area (Å²) in [4.78, 5) is 3.60. The van der Waals surface area contributed by atoms with E-state index in [2.05, 4.69) is 41.9 Å². The Bertz CT molecular complexity index is 323. The highest BCUT2D eigenvalue weighted by Gasteiger charge is 2.36. The topological polar surface area (TPSA) is 0 Å². The van der Waals surface area contributed by atoms with Crippen molar-refractivity contribution in [1.29, 1.82) is 0 Å². The molecule has 2 heteroatoms. The van der Waals surface area contributed by atoms with Gasteiger partial charge in [-0.3, -0.25) is 0 Å². The Morgan fingerprint density at radius 2 is 2.07 bits per heavy atom. The minimum atomic E-state index is 0.496. The van der Waals surface area contributed by atoms with Crippen molar-refractivity contribution < 1.29 is 0 Å². The molecule has 1 heterocycles. The molecule has 84 valence electrons. The van der Waals surface area contributed by atoms with Gasteiger partial charge in [0.25, 0.3) is 0 Å². The molecule has 1 aliphatic rings. The molecule has 1 fully saturated rings. The molecule has 0 N–H and O–H groups in total. The van der Waals surface area contributed by atoms with Gasteiger partial charge >= 0.3 is 0 Å². The molecule has 1 atom stereocenters. The van der Waals surface area contributed by atoms with E-state index in [1.807, 2.05) is 11.3 Å². The minimum absolute atomic E-state index is 0.496. The monoisotopic (exact) mass is 286 g/mol. The van der Waals surface area contributed by atoms with E-state index >= 15 is 0 Å². The fourth-order valence-corrected chi connectivity index (χ4v) is 4.50. The molecule has 0 aromatic carbocycles. The summed E-state index contributed by atoms with van der Waals surface area (Å²) in [5, 5.41) is 0. The zero-order valence-electron chi connectivity index (χ0n) is 9.55. The molecule has 1 aliphatic carbocycles. The largest absolute Gasteiger partial charge is 0.144 e. The fourth-order valence-electron chi connectivity index (χ4n) is 2.50. The zero-order valence-corrected chi connectivity index (χ0v) is 12.0. The summed E-state index contributed by atoms with van der Waals surface area (Å²) in [7, 11) is 0. The average molecular weight is 287 g/mol. The van der Waals surface area contributed by atoms with Crippen molar-refractivity contribution in [3.05, 3.63) is 21.9 Å². The molecule has 0 amide bonds. The average Bonchev–Trinajstić information content (AvgIpc) is 2.85. The first-order valence-electron chi connectivity index (χ1n) is 5.88. The van der Waals surface area contributed by atoms with Gasteiger partial charge in [0.2, 0.25) is 0 Å². The van der Waals surface area contributed by atoms with E-state index in [9.17, 15) is 0 Å². The fraction of sp³-hybridized carbons (Fsp3) is 0.692. The lowest BCUT2D eigenvalue weighted by Crippen LogP contribution is -2.16. The normalized spacial score (nSPS) is 21.8. The Morgan fingerprint density at radius 1 is 1.40 bits per heavy atom. The molecule has 0 spiro atoms. The van der Waals surface area contributed by atoms with Crippen LogP contribution < -0.4 is 0 Å². The van der Waals surface area contributed by atoms with Gasteiger partial charge in [-0.1, -0.05) is 42.6 Å². The van der Waals surface area contributed by atoms with Crippen molar-refractivity contribution in [2.45, 2.75) is 50.8 Å². The number of hydrogen-bond donors (Lipinski definition) is 0. The van der Waals surface area contributed by atoms with E-state index in [-0.39, 0.29) is 0 Å². The number of rotatable bonds is 3. The van der Waals surface area contributed by atoms with Crippen molar-refractivity contribution in [2.75, 3.05) is 0 Å². The highest BCUT2D eigenvalue weighted by atomic mass is 79.9. The molecule has 1 saturated carbocycles. The summed E-state index contributed by atoms with van der Waals surface area (Å²) < 4.78 is 0. The lowest BCUT2D eigenvalue weighted by atomic mass is 9.84. The van der Waals surface area contributed by atoms with Gasteiger partial charge in [-0.15, -0.1) is 11.3 Å². The highest BCUT2D eigenvalue weighted by molar-refractivity contribution is 9.09. The maximum atomic E-state index is 3.92. The summed E-state index contributed by atoms with van der Waals surface area (Å²) in [5.74, 6) is 0. The van der Waals surface area contributed by atoms with Crippen LogP contribution in [0.15, 0.2) is 12.1 Å². The summed E-state index contributed by atoms with van der Waals surface area (Å²) in [5.41, 5.74) is 0.496. The second-order valence-corrected chi connectivity index (χ2v) is 7.00. The Balaban J connectivity index is 2.15. The van der Waals surface area contributed by atoms with E-state index in [0.717, 1.165) is 0 Å².